The van der Waals surface area contributed by atoms with Crippen LogP contribution in [0.5, 0.6) is 0 Å². The molecule has 2 heterocycles. The first-order valence-electron chi connectivity index (χ1n) is 4.87. The lowest BCUT2D eigenvalue weighted by Crippen LogP contribution is -2.30. The lowest BCUT2D eigenvalue weighted by atomic mass is 10.1. The van der Waals surface area contributed by atoms with Gasteiger partial charge in [0.1, 0.15) is 0 Å². The zero-order valence-electron chi connectivity index (χ0n) is 8.28. The Labute approximate surface area is 98.2 Å². The molecule has 1 aliphatic heterocycles. The second kappa shape index (κ2) is 4.37. The third-order valence-electron chi connectivity index (χ3n) is 2.67. The van der Waals surface area contributed by atoms with Crippen LogP contribution >= 0.6 is 22.9 Å². The summed E-state index contributed by atoms with van der Waals surface area (Å²) >= 11 is 7.31. The van der Waals surface area contributed by atoms with Crippen LogP contribution in [-0.4, -0.2) is 17.4 Å². The van der Waals surface area contributed by atoms with Crippen molar-refractivity contribution in [3.05, 3.63) is 34.0 Å². The van der Waals surface area contributed by atoms with E-state index < -0.39 is 0 Å². The van der Waals surface area contributed by atoms with E-state index in [2.05, 4.69) is 18.0 Å². The Morgan fingerprint density at radius 1 is 1.67 bits per heavy atom. The molecule has 0 saturated carbocycles. The first kappa shape index (κ1) is 10.7. The van der Waals surface area contributed by atoms with Gasteiger partial charge in [0.05, 0.1) is 11.1 Å². The van der Waals surface area contributed by atoms with Crippen LogP contribution in [0.4, 0.5) is 0 Å². The van der Waals surface area contributed by atoms with E-state index in [1.165, 1.54) is 5.56 Å². The Balaban J connectivity index is 2.19. The predicted molar refractivity (Wildman–Crippen MR) is 63.0 cm³/mol. The van der Waals surface area contributed by atoms with Gasteiger partial charge in [-0.3, -0.25) is 4.79 Å². The Morgan fingerprint density at radius 2 is 2.47 bits per heavy atom. The first-order chi connectivity index (χ1) is 7.20. The van der Waals surface area contributed by atoms with Crippen LogP contribution in [-0.2, 0) is 4.79 Å². The van der Waals surface area contributed by atoms with Crippen LogP contribution in [0.1, 0.15) is 24.4 Å². The molecular formula is C11H12ClNOS. The summed E-state index contributed by atoms with van der Waals surface area (Å²) in [5, 5.41) is 4.23. The average Bonchev–Trinajstić information content (AvgIpc) is 2.86. The Kier molecular flexibility index (Phi) is 3.12. The number of amides is 1. The van der Waals surface area contributed by atoms with E-state index in [0.29, 0.717) is 0 Å². The van der Waals surface area contributed by atoms with E-state index in [-0.39, 0.29) is 17.0 Å². The fraction of sp³-hybridized carbons (Fsp3) is 0.364. The monoisotopic (exact) mass is 241 g/mol. The third-order valence-corrected chi connectivity index (χ3v) is 3.54. The highest BCUT2D eigenvalue weighted by atomic mass is 35.5. The topological polar surface area (TPSA) is 20.3 Å². The Hall–Kier alpha value is -0.800. The maximum Gasteiger partial charge on any atom is 0.265 e. The number of carbonyl (C=O) groups excluding carboxylic acids is 1. The molecule has 0 spiro atoms. The molecule has 1 fully saturated rings. The zero-order chi connectivity index (χ0) is 10.8. The minimum absolute atomic E-state index is 0.108. The number of rotatable bonds is 2. The standard InChI is InChI=1S/C11H12ClNOS/c1-8(12)11(14)13-5-2-3-10(13)9-4-6-15-7-9/h4,6-7,10H,1-3,5H2. The van der Waals surface area contributed by atoms with Gasteiger partial charge in [-0.05, 0) is 35.2 Å². The van der Waals surface area contributed by atoms with Crippen molar-refractivity contribution in [3.63, 3.8) is 0 Å². The maximum absolute atomic E-state index is 11.7. The van der Waals surface area contributed by atoms with Gasteiger partial charge >= 0.3 is 0 Å². The van der Waals surface area contributed by atoms with E-state index in [9.17, 15) is 4.79 Å². The number of halogens is 1. The highest BCUT2D eigenvalue weighted by Crippen LogP contribution is 2.34. The fourth-order valence-electron chi connectivity index (χ4n) is 1.98. The molecule has 1 unspecified atom stereocenters. The van der Waals surface area contributed by atoms with Crippen LogP contribution in [0.2, 0.25) is 0 Å². The van der Waals surface area contributed by atoms with Crippen molar-refractivity contribution in [3.8, 4) is 0 Å². The molecule has 4 heteroatoms. The number of hydrogen-bond acceptors (Lipinski definition) is 2. The highest BCUT2D eigenvalue weighted by Gasteiger charge is 2.30. The molecule has 0 aromatic carbocycles. The fourth-order valence-corrected chi connectivity index (χ4v) is 2.79. The summed E-state index contributed by atoms with van der Waals surface area (Å²) in [6, 6.07) is 2.26. The van der Waals surface area contributed by atoms with Gasteiger partial charge in [0.2, 0.25) is 0 Å². The van der Waals surface area contributed by atoms with E-state index >= 15 is 0 Å². The van der Waals surface area contributed by atoms with Gasteiger partial charge in [0, 0.05) is 6.54 Å². The molecule has 1 aromatic heterocycles. The van der Waals surface area contributed by atoms with Crippen molar-refractivity contribution in [2.45, 2.75) is 18.9 Å². The van der Waals surface area contributed by atoms with Crippen molar-refractivity contribution in [1.29, 1.82) is 0 Å². The smallest absolute Gasteiger partial charge is 0.265 e. The van der Waals surface area contributed by atoms with Crippen LogP contribution < -0.4 is 0 Å². The minimum Gasteiger partial charge on any atom is -0.331 e. The van der Waals surface area contributed by atoms with E-state index in [1.807, 2.05) is 10.3 Å². The molecule has 2 nitrogen and oxygen atoms in total. The molecule has 1 aromatic rings. The van der Waals surface area contributed by atoms with Gasteiger partial charge in [-0.15, -0.1) is 0 Å². The van der Waals surface area contributed by atoms with Gasteiger partial charge in [-0.1, -0.05) is 18.2 Å². The van der Waals surface area contributed by atoms with Gasteiger partial charge < -0.3 is 4.90 Å². The van der Waals surface area contributed by atoms with Crippen LogP contribution in [0.3, 0.4) is 0 Å². The molecule has 0 N–H and O–H groups in total. The predicted octanol–water partition coefficient (Wildman–Crippen LogP) is 3.16. The number of nitrogens with zero attached hydrogens (tertiary/aromatic N) is 1. The van der Waals surface area contributed by atoms with Gasteiger partial charge in [-0.2, -0.15) is 11.3 Å². The summed E-state index contributed by atoms with van der Waals surface area (Å²) in [6.45, 7) is 4.28. The van der Waals surface area contributed by atoms with Crippen LogP contribution in [0.15, 0.2) is 28.4 Å². The SMILES string of the molecule is C=C(Cl)C(=O)N1CCCC1c1ccsc1. The normalized spacial score (nSPS) is 20.6. The van der Waals surface area contributed by atoms with Crippen LogP contribution in [0, 0.1) is 0 Å². The summed E-state index contributed by atoms with van der Waals surface area (Å²) < 4.78 is 0. The largest absolute Gasteiger partial charge is 0.331 e. The molecule has 0 aliphatic carbocycles. The van der Waals surface area contributed by atoms with Crippen molar-refractivity contribution >= 4 is 28.8 Å². The molecule has 15 heavy (non-hydrogen) atoms. The van der Waals surface area contributed by atoms with Crippen molar-refractivity contribution < 1.29 is 4.79 Å². The van der Waals surface area contributed by atoms with Crippen LogP contribution in [0.25, 0.3) is 0 Å². The molecule has 1 atom stereocenters. The quantitative estimate of drug-likeness (QED) is 0.729. The lowest BCUT2D eigenvalue weighted by molar-refractivity contribution is -0.127. The van der Waals surface area contributed by atoms with Crippen molar-refractivity contribution in [1.82, 2.24) is 4.90 Å². The molecular weight excluding hydrogens is 230 g/mol. The summed E-state index contributed by atoms with van der Waals surface area (Å²) in [5.74, 6) is -0.134. The molecule has 1 aliphatic rings. The molecule has 2 rings (SSSR count). The lowest BCUT2D eigenvalue weighted by Gasteiger charge is -2.23. The molecule has 0 radical (unpaired) electrons. The molecule has 0 bridgehead atoms. The maximum atomic E-state index is 11.7. The van der Waals surface area contributed by atoms with Crippen molar-refractivity contribution in [2.24, 2.45) is 0 Å². The van der Waals surface area contributed by atoms with Gasteiger partial charge in [0.25, 0.3) is 5.91 Å². The minimum atomic E-state index is -0.134. The van der Waals surface area contributed by atoms with E-state index in [1.54, 1.807) is 11.3 Å². The number of carbonyl (C=O) groups is 1. The summed E-state index contributed by atoms with van der Waals surface area (Å²) in [4.78, 5) is 13.6. The third kappa shape index (κ3) is 2.08. The molecule has 1 saturated heterocycles. The average molecular weight is 242 g/mol. The summed E-state index contributed by atoms with van der Waals surface area (Å²) in [5.41, 5.74) is 1.21. The van der Waals surface area contributed by atoms with Gasteiger partial charge in [0.15, 0.2) is 0 Å². The Bertz CT molecular complexity index is 374. The van der Waals surface area contributed by atoms with E-state index in [0.717, 1.165) is 19.4 Å². The van der Waals surface area contributed by atoms with Gasteiger partial charge in [-0.25, -0.2) is 0 Å². The number of hydrogen-bond donors (Lipinski definition) is 0. The first-order valence-corrected chi connectivity index (χ1v) is 6.19. The molecule has 1 amide bonds. The Morgan fingerprint density at radius 3 is 3.07 bits per heavy atom. The molecule has 80 valence electrons. The second-order valence-corrected chi connectivity index (χ2v) is 4.85. The zero-order valence-corrected chi connectivity index (χ0v) is 9.85. The second-order valence-electron chi connectivity index (χ2n) is 3.62. The summed E-state index contributed by atoms with van der Waals surface area (Å²) in [6.07, 6.45) is 2.06. The van der Waals surface area contributed by atoms with Crippen molar-refractivity contribution in [2.75, 3.05) is 6.54 Å². The summed E-state index contributed by atoms with van der Waals surface area (Å²) in [7, 11) is 0. The number of thiophene rings is 1. The number of likely N-dealkylation sites (tertiary alicyclic amines) is 1. The highest BCUT2D eigenvalue weighted by molar-refractivity contribution is 7.07. The van der Waals surface area contributed by atoms with E-state index in [4.69, 9.17) is 11.6 Å².